The maximum absolute atomic E-state index is 9.77. The quantitative estimate of drug-likeness (QED) is 0.742. The van der Waals surface area contributed by atoms with Gasteiger partial charge < -0.3 is 16.2 Å². The Morgan fingerprint density at radius 3 is 2.74 bits per heavy atom. The molecule has 19 heavy (non-hydrogen) atoms. The second-order valence-corrected chi connectivity index (χ2v) is 6.43. The van der Waals surface area contributed by atoms with E-state index in [9.17, 15) is 5.11 Å². The molecule has 0 radical (unpaired) electrons. The second kappa shape index (κ2) is 5.78. The number of nitrogen functional groups attached to an aromatic ring is 1. The van der Waals surface area contributed by atoms with Crippen molar-refractivity contribution in [3.8, 4) is 0 Å². The molecule has 0 aliphatic heterocycles. The van der Waals surface area contributed by atoms with Gasteiger partial charge in [0.05, 0.1) is 33.6 Å². The fourth-order valence-electron chi connectivity index (χ4n) is 2.91. The van der Waals surface area contributed by atoms with Crippen molar-refractivity contribution in [2.45, 2.75) is 38.1 Å². The molecule has 0 aromatic heterocycles. The molecule has 1 aliphatic carbocycles. The maximum Gasteiger partial charge on any atom is 0.0661 e. The first-order valence-corrected chi connectivity index (χ1v) is 7.35. The highest BCUT2D eigenvalue weighted by atomic mass is 35.5. The van der Waals surface area contributed by atoms with Gasteiger partial charge in [0.1, 0.15) is 0 Å². The molecule has 0 heterocycles. The van der Waals surface area contributed by atoms with Crippen molar-refractivity contribution < 1.29 is 5.11 Å². The minimum atomic E-state index is -0.303. The van der Waals surface area contributed by atoms with Gasteiger partial charge in [0, 0.05) is 0 Å². The van der Waals surface area contributed by atoms with Crippen LogP contribution >= 0.6 is 23.2 Å². The van der Waals surface area contributed by atoms with Crippen LogP contribution in [0.4, 0.5) is 11.4 Å². The van der Waals surface area contributed by atoms with Crippen LogP contribution in [-0.4, -0.2) is 17.3 Å². The molecule has 1 saturated carbocycles. The monoisotopic (exact) mass is 302 g/mol. The van der Waals surface area contributed by atoms with Crippen molar-refractivity contribution in [1.29, 1.82) is 0 Å². The van der Waals surface area contributed by atoms with Crippen LogP contribution in [0.25, 0.3) is 0 Å². The standard InChI is InChI=1S/C14H20Cl2N2O/c1-9-3-2-4-14(7-9,8-19)18-13-6-11(16)10(15)5-12(13)17/h5-6,9,18-19H,2-4,7-8,17H2,1H3. The molecule has 0 saturated heterocycles. The van der Waals surface area contributed by atoms with E-state index in [0.29, 0.717) is 21.7 Å². The van der Waals surface area contributed by atoms with Gasteiger partial charge in [-0.2, -0.15) is 0 Å². The average molecular weight is 303 g/mol. The Kier molecular flexibility index (Phi) is 4.49. The van der Waals surface area contributed by atoms with E-state index in [1.807, 2.05) is 0 Å². The lowest BCUT2D eigenvalue weighted by atomic mass is 9.76. The molecular weight excluding hydrogens is 283 g/mol. The number of rotatable bonds is 3. The molecule has 3 nitrogen and oxygen atoms in total. The Bertz CT molecular complexity index is 467. The summed E-state index contributed by atoms with van der Waals surface area (Å²) in [5.41, 5.74) is 6.97. The van der Waals surface area contributed by atoms with Gasteiger partial charge in [-0.25, -0.2) is 0 Å². The fraction of sp³-hybridized carbons (Fsp3) is 0.571. The first-order valence-electron chi connectivity index (χ1n) is 6.59. The predicted octanol–water partition coefficient (Wildman–Crippen LogP) is 3.93. The molecule has 1 aromatic rings. The lowest BCUT2D eigenvalue weighted by Gasteiger charge is -2.40. The SMILES string of the molecule is CC1CCCC(CO)(Nc2cc(Cl)c(Cl)cc2N)C1. The zero-order valence-electron chi connectivity index (χ0n) is 11.0. The number of nitrogens with two attached hydrogens (primary N) is 1. The molecule has 1 fully saturated rings. The third-order valence-electron chi connectivity index (χ3n) is 3.89. The molecule has 0 amide bonds. The summed E-state index contributed by atoms with van der Waals surface area (Å²) in [5, 5.41) is 14.1. The Balaban J connectivity index is 2.25. The molecule has 0 spiro atoms. The van der Waals surface area contributed by atoms with Crippen LogP contribution in [0.15, 0.2) is 12.1 Å². The molecule has 0 bridgehead atoms. The van der Waals surface area contributed by atoms with Gasteiger partial charge in [-0.05, 0) is 30.9 Å². The summed E-state index contributed by atoms with van der Waals surface area (Å²) in [7, 11) is 0. The number of anilines is 2. The van der Waals surface area contributed by atoms with Crippen LogP contribution in [0, 0.1) is 5.92 Å². The van der Waals surface area contributed by atoms with Gasteiger partial charge in [-0.1, -0.05) is 43.0 Å². The zero-order valence-corrected chi connectivity index (χ0v) is 12.6. The number of hydrogen-bond acceptors (Lipinski definition) is 3. The first-order chi connectivity index (χ1) is 8.96. The lowest BCUT2D eigenvalue weighted by Crippen LogP contribution is -2.46. The number of benzene rings is 1. The van der Waals surface area contributed by atoms with Crippen molar-refractivity contribution in [2.24, 2.45) is 5.92 Å². The fourth-order valence-corrected chi connectivity index (χ4v) is 3.25. The molecule has 5 heteroatoms. The first kappa shape index (κ1) is 14.8. The summed E-state index contributed by atoms with van der Waals surface area (Å²) in [6.45, 7) is 2.31. The minimum absolute atomic E-state index is 0.0943. The van der Waals surface area contributed by atoms with Gasteiger partial charge in [-0.15, -0.1) is 0 Å². The van der Waals surface area contributed by atoms with E-state index in [2.05, 4.69) is 12.2 Å². The van der Waals surface area contributed by atoms with E-state index >= 15 is 0 Å². The summed E-state index contributed by atoms with van der Waals surface area (Å²) < 4.78 is 0. The van der Waals surface area contributed by atoms with E-state index in [-0.39, 0.29) is 12.1 Å². The van der Waals surface area contributed by atoms with E-state index < -0.39 is 0 Å². The number of nitrogens with one attached hydrogen (secondary N) is 1. The molecule has 2 rings (SSSR count). The summed E-state index contributed by atoms with van der Waals surface area (Å²) in [5.74, 6) is 0.595. The van der Waals surface area contributed by atoms with Gasteiger partial charge in [0.25, 0.3) is 0 Å². The van der Waals surface area contributed by atoms with E-state index in [1.54, 1.807) is 12.1 Å². The van der Waals surface area contributed by atoms with Gasteiger partial charge in [-0.3, -0.25) is 0 Å². The molecule has 1 aliphatic rings. The Morgan fingerprint density at radius 1 is 1.42 bits per heavy atom. The summed E-state index contributed by atoms with van der Waals surface area (Å²) in [6.07, 6.45) is 4.19. The van der Waals surface area contributed by atoms with Crippen molar-refractivity contribution >= 4 is 34.6 Å². The van der Waals surface area contributed by atoms with E-state index in [1.165, 1.54) is 6.42 Å². The minimum Gasteiger partial charge on any atom is -0.397 e. The van der Waals surface area contributed by atoms with Crippen LogP contribution in [0.1, 0.15) is 32.6 Å². The van der Waals surface area contributed by atoms with Crippen molar-refractivity contribution in [3.05, 3.63) is 22.2 Å². The summed E-state index contributed by atoms with van der Waals surface area (Å²) >= 11 is 12.0. The second-order valence-electron chi connectivity index (χ2n) is 5.62. The van der Waals surface area contributed by atoms with Crippen molar-refractivity contribution in [3.63, 3.8) is 0 Å². The normalized spacial score (nSPS) is 27.3. The van der Waals surface area contributed by atoms with Crippen molar-refractivity contribution in [2.75, 3.05) is 17.7 Å². The molecule has 4 N–H and O–H groups in total. The van der Waals surface area contributed by atoms with Crippen LogP contribution in [0.5, 0.6) is 0 Å². The number of aliphatic hydroxyl groups is 1. The largest absolute Gasteiger partial charge is 0.397 e. The lowest BCUT2D eigenvalue weighted by molar-refractivity contribution is 0.149. The molecular formula is C14H20Cl2N2O. The highest BCUT2D eigenvalue weighted by molar-refractivity contribution is 6.42. The highest BCUT2D eigenvalue weighted by Crippen LogP contribution is 2.38. The molecule has 2 atom stereocenters. The van der Waals surface area contributed by atoms with Crippen LogP contribution < -0.4 is 11.1 Å². The molecule has 1 aromatic carbocycles. The average Bonchev–Trinajstić information content (AvgIpc) is 2.36. The summed E-state index contributed by atoms with van der Waals surface area (Å²) in [4.78, 5) is 0. The van der Waals surface area contributed by atoms with Crippen LogP contribution in [0.2, 0.25) is 10.0 Å². The zero-order chi connectivity index (χ0) is 14.0. The number of halogens is 2. The van der Waals surface area contributed by atoms with E-state index in [0.717, 1.165) is 24.9 Å². The smallest absolute Gasteiger partial charge is 0.0661 e. The number of hydrogen-bond donors (Lipinski definition) is 3. The summed E-state index contributed by atoms with van der Waals surface area (Å²) in [6, 6.07) is 3.37. The molecule has 2 unspecified atom stereocenters. The predicted molar refractivity (Wildman–Crippen MR) is 81.9 cm³/mol. The van der Waals surface area contributed by atoms with Gasteiger partial charge >= 0.3 is 0 Å². The van der Waals surface area contributed by atoms with E-state index in [4.69, 9.17) is 28.9 Å². The Hall–Kier alpha value is -0.640. The third kappa shape index (κ3) is 3.28. The Labute approximate surface area is 124 Å². The topological polar surface area (TPSA) is 58.3 Å². The van der Waals surface area contributed by atoms with Gasteiger partial charge in [0.15, 0.2) is 0 Å². The van der Waals surface area contributed by atoms with Crippen LogP contribution in [-0.2, 0) is 0 Å². The highest BCUT2D eigenvalue weighted by Gasteiger charge is 2.34. The maximum atomic E-state index is 9.77. The Morgan fingerprint density at radius 2 is 2.11 bits per heavy atom. The molecule has 106 valence electrons. The van der Waals surface area contributed by atoms with Crippen LogP contribution in [0.3, 0.4) is 0 Å². The third-order valence-corrected chi connectivity index (χ3v) is 4.61. The van der Waals surface area contributed by atoms with Crippen molar-refractivity contribution in [1.82, 2.24) is 0 Å². The van der Waals surface area contributed by atoms with Gasteiger partial charge in [0.2, 0.25) is 0 Å². The number of aliphatic hydroxyl groups excluding tert-OH is 1.